The topological polar surface area (TPSA) is 85.5 Å². The van der Waals surface area contributed by atoms with Gasteiger partial charge in [0.15, 0.2) is 0 Å². The summed E-state index contributed by atoms with van der Waals surface area (Å²) in [5.74, 6) is 2.33. The number of hydrogen-bond donors (Lipinski definition) is 0. The number of ether oxygens (including phenoxy) is 1. The number of rotatable bonds is 5. The maximum absolute atomic E-state index is 13.1. The number of hydrogen-bond acceptors (Lipinski definition) is 6. The number of methoxy groups -OCH3 is 1. The van der Waals surface area contributed by atoms with Gasteiger partial charge < -0.3 is 9.15 Å². The van der Waals surface area contributed by atoms with Crippen molar-refractivity contribution < 1.29 is 17.6 Å². The molecule has 1 aromatic carbocycles. The summed E-state index contributed by atoms with van der Waals surface area (Å²) in [6.45, 7) is 2.74. The minimum atomic E-state index is -3.59. The van der Waals surface area contributed by atoms with Gasteiger partial charge in [0.25, 0.3) is 0 Å². The first-order valence-corrected chi connectivity index (χ1v) is 10.4. The van der Waals surface area contributed by atoms with Crippen molar-refractivity contribution in [3.63, 3.8) is 0 Å². The van der Waals surface area contributed by atoms with E-state index in [0.29, 0.717) is 43.5 Å². The van der Waals surface area contributed by atoms with Crippen LogP contribution in [0, 0.1) is 6.92 Å². The van der Waals surface area contributed by atoms with Crippen molar-refractivity contribution in [1.29, 1.82) is 0 Å². The number of sulfonamides is 1. The lowest BCUT2D eigenvalue weighted by Crippen LogP contribution is -2.38. The highest BCUT2D eigenvalue weighted by atomic mass is 32.2. The van der Waals surface area contributed by atoms with Gasteiger partial charge in [-0.15, -0.1) is 10.2 Å². The third-order valence-electron chi connectivity index (χ3n) is 5.12. The molecule has 0 unspecified atom stereocenters. The molecule has 1 aromatic heterocycles. The molecule has 0 radical (unpaired) electrons. The van der Waals surface area contributed by atoms with Crippen LogP contribution in [0.1, 0.15) is 54.9 Å². The lowest BCUT2D eigenvalue weighted by molar-refractivity contribution is 0.285. The molecule has 26 heavy (non-hydrogen) atoms. The van der Waals surface area contributed by atoms with Crippen LogP contribution < -0.4 is 4.74 Å². The highest BCUT2D eigenvalue weighted by molar-refractivity contribution is 7.89. The third kappa shape index (κ3) is 3.23. The molecule has 1 saturated carbocycles. The first kappa shape index (κ1) is 17.5. The largest absolute Gasteiger partial charge is 0.495 e. The summed E-state index contributed by atoms with van der Waals surface area (Å²) in [6.07, 6.45) is 3.60. The lowest BCUT2D eigenvalue weighted by Gasteiger charge is -2.30. The Labute approximate surface area is 153 Å². The molecule has 1 aliphatic heterocycles. The first-order chi connectivity index (χ1) is 12.5. The zero-order valence-corrected chi connectivity index (χ0v) is 15.8. The zero-order valence-electron chi connectivity index (χ0n) is 15.0. The minimum absolute atomic E-state index is 0.126. The van der Waals surface area contributed by atoms with Crippen molar-refractivity contribution in [3.05, 3.63) is 35.5 Å². The van der Waals surface area contributed by atoms with Crippen molar-refractivity contribution in [1.82, 2.24) is 14.5 Å². The molecule has 0 spiro atoms. The fraction of sp³-hybridized carbons (Fsp3) is 0.556. The molecule has 2 heterocycles. The van der Waals surface area contributed by atoms with E-state index >= 15 is 0 Å². The van der Waals surface area contributed by atoms with E-state index in [1.165, 1.54) is 11.4 Å². The smallest absolute Gasteiger partial charge is 0.246 e. The highest BCUT2D eigenvalue weighted by Gasteiger charge is 2.35. The van der Waals surface area contributed by atoms with Crippen molar-refractivity contribution in [2.45, 2.75) is 49.3 Å². The van der Waals surface area contributed by atoms with Gasteiger partial charge in [-0.25, -0.2) is 8.42 Å². The van der Waals surface area contributed by atoms with Crippen LogP contribution >= 0.6 is 0 Å². The Kier molecular flexibility index (Phi) is 4.48. The Hall–Kier alpha value is -1.93. The number of aromatic nitrogens is 2. The Bertz CT molecular complexity index is 897. The molecule has 0 atom stereocenters. The van der Waals surface area contributed by atoms with Crippen LogP contribution in [0.15, 0.2) is 27.5 Å². The van der Waals surface area contributed by atoms with E-state index in [0.717, 1.165) is 24.3 Å². The molecule has 8 heteroatoms. The van der Waals surface area contributed by atoms with Crippen LogP contribution in [0.5, 0.6) is 5.75 Å². The van der Waals surface area contributed by atoms with Gasteiger partial charge in [0.05, 0.1) is 7.11 Å². The van der Waals surface area contributed by atoms with Crippen molar-refractivity contribution in [3.8, 4) is 5.75 Å². The van der Waals surface area contributed by atoms with Gasteiger partial charge in [0.1, 0.15) is 10.6 Å². The van der Waals surface area contributed by atoms with E-state index in [1.807, 2.05) is 13.0 Å². The number of aryl methyl sites for hydroxylation is 1. The summed E-state index contributed by atoms with van der Waals surface area (Å²) in [7, 11) is -2.10. The van der Waals surface area contributed by atoms with Gasteiger partial charge in [0.2, 0.25) is 21.8 Å². The van der Waals surface area contributed by atoms with Crippen molar-refractivity contribution in [2.75, 3.05) is 20.2 Å². The Balaban J connectivity index is 1.49. The fourth-order valence-electron chi connectivity index (χ4n) is 3.37. The maximum atomic E-state index is 13.1. The summed E-state index contributed by atoms with van der Waals surface area (Å²) in [5.41, 5.74) is 0.887. The Morgan fingerprint density at radius 2 is 1.69 bits per heavy atom. The van der Waals surface area contributed by atoms with E-state index in [4.69, 9.17) is 9.15 Å². The SMILES string of the molecule is COc1ccc(C)cc1S(=O)(=O)N1CCC(c2nnc(C3CC3)o2)CC1. The van der Waals surface area contributed by atoms with Gasteiger partial charge in [0, 0.05) is 24.9 Å². The molecule has 2 aromatic rings. The molecule has 140 valence electrons. The molecule has 0 bridgehead atoms. The monoisotopic (exact) mass is 377 g/mol. The van der Waals surface area contributed by atoms with Crippen molar-refractivity contribution >= 4 is 10.0 Å². The third-order valence-corrected chi connectivity index (χ3v) is 7.04. The van der Waals surface area contributed by atoms with Gasteiger partial charge in [-0.2, -0.15) is 4.31 Å². The first-order valence-electron chi connectivity index (χ1n) is 8.97. The Morgan fingerprint density at radius 1 is 1.08 bits per heavy atom. The molecule has 0 N–H and O–H groups in total. The molecule has 7 nitrogen and oxygen atoms in total. The molecule has 1 aliphatic carbocycles. The lowest BCUT2D eigenvalue weighted by atomic mass is 9.98. The van der Waals surface area contributed by atoms with Gasteiger partial charge in [-0.1, -0.05) is 6.07 Å². The van der Waals surface area contributed by atoms with Gasteiger partial charge >= 0.3 is 0 Å². The van der Waals surface area contributed by atoms with E-state index in [9.17, 15) is 8.42 Å². The molecule has 2 aliphatic rings. The summed E-state index contributed by atoms with van der Waals surface area (Å²) in [4.78, 5) is 0.229. The molecule has 4 rings (SSSR count). The zero-order chi connectivity index (χ0) is 18.3. The second-order valence-corrected chi connectivity index (χ2v) is 8.99. The van der Waals surface area contributed by atoms with Gasteiger partial charge in [-0.05, 0) is 50.3 Å². The molecule has 1 saturated heterocycles. The quantitative estimate of drug-likeness (QED) is 0.796. The summed E-state index contributed by atoms with van der Waals surface area (Å²) < 4.78 is 38.7. The fourth-order valence-corrected chi connectivity index (χ4v) is 5.08. The molecular weight excluding hydrogens is 354 g/mol. The van der Waals surface area contributed by atoms with Gasteiger partial charge in [-0.3, -0.25) is 0 Å². The second kappa shape index (κ2) is 6.66. The Morgan fingerprint density at radius 3 is 2.27 bits per heavy atom. The molecular formula is C18H23N3O4S. The number of nitrogens with zero attached hydrogens (tertiary/aromatic N) is 3. The van der Waals surface area contributed by atoms with Crippen LogP contribution in [0.2, 0.25) is 0 Å². The number of piperidine rings is 1. The van der Waals surface area contributed by atoms with E-state index in [2.05, 4.69) is 10.2 Å². The van der Waals surface area contributed by atoms with E-state index in [1.54, 1.807) is 12.1 Å². The standard InChI is InChI=1S/C18H23N3O4S/c1-12-3-6-15(24-2)16(11-12)26(22,23)21-9-7-14(8-10-21)18-20-19-17(25-18)13-4-5-13/h3,6,11,13-14H,4-5,7-10H2,1-2H3. The second-order valence-electron chi connectivity index (χ2n) is 7.09. The molecule has 2 fully saturated rings. The van der Waals surface area contributed by atoms with Crippen LogP contribution in [0.4, 0.5) is 0 Å². The normalized spacial score (nSPS) is 19.6. The van der Waals surface area contributed by atoms with Crippen LogP contribution in [-0.2, 0) is 10.0 Å². The summed E-state index contributed by atoms with van der Waals surface area (Å²) >= 11 is 0. The highest BCUT2D eigenvalue weighted by Crippen LogP contribution is 2.40. The van der Waals surface area contributed by atoms with Crippen LogP contribution in [-0.4, -0.2) is 43.1 Å². The maximum Gasteiger partial charge on any atom is 0.246 e. The van der Waals surface area contributed by atoms with E-state index < -0.39 is 10.0 Å². The van der Waals surface area contributed by atoms with Crippen LogP contribution in [0.3, 0.4) is 0 Å². The summed E-state index contributed by atoms with van der Waals surface area (Å²) in [5, 5.41) is 8.32. The summed E-state index contributed by atoms with van der Waals surface area (Å²) in [6, 6.07) is 5.21. The average Bonchev–Trinajstić information content (AvgIpc) is 3.39. The molecule has 0 amide bonds. The predicted molar refractivity (Wildman–Crippen MR) is 94.7 cm³/mol. The minimum Gasteiger partial charge on any atom is -0.495 e. The van der Waals surface area contributed by atoms with Crippen LogP contribution in [0.25, 0.3) is 0 Å². The van der Waals surface area contributed by atoms with E-state index in [-0.39, 0.29) is 10.8 Å². The van der Waals surface area contributed by atoms with Crippen molar-refractivity contribution in [2.24, 2.45) is 0 Å². The number of benzene rings is 1. The average molecular weight is 377 g/mol. The predicted octanol–water partition coefficient (Wildman–Crippen LogP) is 2.83.